The second-order valence-corrected chi connectivity index (χ2v) is 6.70. The summed E-state index contributed by atoms with van der Waals surface area (Å²) in [5, 5.41) is 10.1. The van der Waals surface area contributed by atoms with Crippen molar-refractivity contribution in [3.8, 4) is 5.75 Å². The number of aliphatic hydroxyl groups is 1. The number of rotatable bonds is 5. The number of hydrogen-bond acceptors (Lipinski definition) is 3. The Morgan fingerprint density at radius 1 is 1.00 bits per heavy atom. The van der Waals surface area contributed by atoms with Gasteiger partial charge in [0.05, 0.1) is 0 Å². The first-order valence-corrected chi connectivity index (χ1v) is 8.26. The van der Waals surface area contributed by atoms with E-state index in [0.29, 0.717) is 16.3 Å². The van der Waals surface area contributed by atoms with Crippen LogP contribution in [-0.4, -0.2) is 23.4 Å². The first-order valence-electron chi connectivity index (χ1n) is 7.46. The van der Waals surface area contributed by atoms with Crippen LogP contribution in [0.15, 0.2) is 53.0 Å². The molecule has 1 N–H and O–H groups in total. The maximum atomic E-state index is 13.4. The van der Waals surface area contributed by atoms with Crippen molar-refractivity contribution >= 4 is 21.6 Å². The number of halogens is 7. The average Bonchev–Trinajstić information content (AvgIpc) is 2.50. The van der Waals surface area contributed by atoms with Gasteiger partial charge in [0.15, 0.2) is 0 Å². The molecule has 0 amide bonds. The van der Waals surface area contributed by atoms with Crippen LogP contribution < -0.4 is 9.64 Å². The molecule has 0 aliphatic rings. The van der Waals surface area contributed by atoms with Crippen LogP contribution in [0.4, 0.5) is 32.0 Å². The number of anilines is 1. The predicted octanol–water partition coefficient (Wildman–Crippen LogP) is 5.63. The minimum atomic E-state index is -5.02. The van der Waals surface area contributed by atoms with E-state index >= 15 is 0 Å². The summed E-state index contributed by atoms with van der Waals surface area (Å²) in [6.07, 6.45) is -9.95. The van der Waals surface area contributed by atoms with Crippen molar-refractivity contribution in [3.05, 3.63) is 58.6 Å². The highest BCUT2D eigenvalue weighted by atomic mass is 79.9. The Labute approximate surface area is 159 Å². The largest absolute Gasteiger partial charge is 0.573 e. The summed E-state index contributed by atoms with van der Waals surface area (Å²) in [5.41, 5.74) is -3.16. The molecule has 2 aromatic carbocycles. The van der Waals surface area contributed by atoms with Gasteiger partial charge in [-0.1, -0.05) is 34.1 Å². The Morgan fingerprint density at radius 3 is 2.19 bits per heavy atom. The Morgan fingerprint density at radius 2 is 1.63 bits per heavy atom. The topological polar surface area (TPSA) is 32.7 Å². The molecule has 0 aromatic heterocycles. The molecule has 2 rings (SSSR count). The van der Waals surface area contributed by atoms with Crippen LogP contribution >= 0.6 is 15.9 Å². The molecule has 0 radical (unpaired) electrons. The molecule has 0 fully saturated rings. The highest BCUT2D eigenvalue weighted by molar-refractivity contribution is 9.10. The monoisotopic (exact) mass is 457 g/mol. The second-order valence-electron chi connectivity index (χ2n) is 5.78. The number of nitrogens with zero attached hydrogens (tertiary/aromatic N) is 1. The zero-order valence-corrected chi connectivity index (χ0v) is 15.4. The van der Waals surface area contributed by atoms with Crippen LogP contribution in [0, 0.1) is 0 Å². The molecule has 0 saturated heterocycles. The van der Waals surface area contributed by atoms with E-state index in [9.17, 15) is 31.4 Å². The Bertz CT molecular complexity index is 791. The zero-order chi connectivity index (χ0) is 20.5. The van der Waals surface area contributed by atoms with Crippen LogP contribution in [0.2, 0.25) is 0 Å². The summed E-state index contributed by atoms with van der Waals surface area (Å²) in [4.78, 5) is 0.643. The molecule has 3 nitrogen and oxygen atoms in total. The molecule has 148 valence electrons. The zero-order valence-electron chi connectivity index (χ0n) is 13.8. The Hall–Kier alpha value is -1.94. The summed E-state index contributed by atoms with van der Waals surface area (Å²) in [6, 6.07) is 10.3. The van der Waals surface area contributed by atoms with Gasteiger partial charge in [0.25, 0.3) is 0 Å². The summed E-state index contributed by atoms with van der Waals surface area (Å²) in [6.45, 7) is 0.0575. The third-order valence-corrected chi connectivity index (χ3v) is 4.15. The van der Waals surface area contributed by atoms with Crippen LogP contribution in [0.3, 0.4) is 0 Å². The number of ether oxygens (including phenoxy) is 1. The minimum absolute atomic E-state index is 0.0221. The van der Waals surface area contributed by atoms with E-state index < -0.39 is 30.6 Å². The van der Waals surface area contributed by atoms with Gasteiger partial charge in [-0.3, -0.25) is 0 Å². The molecule has 2 aromatic rings. The van der Waals surface area contributed by atoms with Gasteiger partial charge in [-0.05, 0) is 42.8 Å². The third-order valence-electron chi connectivity index (χ3n) is 3.66. The first kappa shape index (κ1) is 21.4. The fourth-order valence-corrected chi connectivity index (χ4v) is 2.70. The summed E-state index contributed by atoms with van der Waals surface area (Å²) >= 11 is 3.14. The van der Waals surface area contributed by atoms with Crippen molar-refractivity contribution in [1.82, 2.24) is 0 Å². The fourth-order valence-electron chi connectivity index (χ4n) is 2.32. The van der Waals surface area contributed by atoms with E-state index in [1.54, 1.807) is 6.07 Å². The molecule has 0 bridgehead atoms. The van der Waals surface area contributed by atoms with Crippen molar-refractivity contribution in [2.45, 2.75) is 31.7 Å². The average molecular weight is 458 g/mol. The van der Waals surface area contributed by atoms with Crippen LogP contribution in [-0.2, 0) is 6.54 Å². The molecule has 0 spiro atoms. The maximum absolute atomic E-state index is 13.4. The Balaban J connectivity index is 2.43. The Kier molecular flexibility index (Phi) is 6.00. The molecule has 10 heteroatoms. The van der Waals surface area contributed by atoms with Gasteiger partial charge >= 0.3 is 12.5 Å². The summed E-state index contributed by atoms with van der Waals surface area (Å²) < 4.78 is 81.5. The molecule has 27 heavy (non-hydrogen) atoms. The lowest BCUT2D eigenvalue weighted by atomic mass is 10.1. The molecular weight excluding hydrogens is 444 g/mol. The number of benzene rings is 2. The van der Waals surface area contributed by atoms with Crippen molar-refractivity contribution in [3.63, 3.8) is 0 Å². The van der Waals surface area contributed by atoms with E-state index in [-0.39, 0.29) is 11.3 Å². The SMILES string of the molecule is CC(O)(N(Cc1cccc(OC(F)(F)F)c1)c1cccc(Br)c1)C(F)(F)F. The van der Waals surface area contributed by atoms with E-state index in [2.05, 4.69) is 20.7 Å². The lowest BCUT2D eigenvalue weighted by Crippen LogP contribution is -2.56. The molecular formula is C17H14BrF6NO2. The van der Waals surface area contributed by atoms with E-state index in [1.165, 1.54) is 30.3 Å². The van der Waals surface area contributed by atoms with Gasteiger partial charge in [0.1, 0.15) is 5.75 Å². The molecule has 1 unspecified atom stereocenters. The normalized spacial score (nSPS) is 14.6. The highest BCUT2D eigenvalue weighted by Crippen LogP contribution is 2.38. The van der Waals surface area contributed by atoms with Crippen LogP contribution in [0.25, 0.3) is 0 Å². The van der Waals surface area contributed by atoms with Gasteiger partial charge < -0.3 is 14.7 Å². The van der Waals surface area contributed by atoms with E-state index in [0.717, 1.165) is 12.1 Å². The molecule has 1 atom stereocenters. The lowest BCUT2D eigenvalue weighted by Gasteiger charge is -2.40. The smallest absolute Gasteiger partial charge is 0.406 e. The quantitative estimate of drug-likeness (QED) is 0.466. The molecule has 0 heterocycles. The van der Waals surface area contributed by atoms with Gasteiger partial charge in [0, 0.05) is 16.7 Å². The maximum Gasteiger partial charge on any atom is 0.573 e. The van der Waals surface area contributed by atoms with E-state index in [1.807, 2.05) is 0 Å². The van der Waals surface area contributed by atoms with Crippen molar-refractivity contribution in [2.75, 3.05) is 4.90 Å². The molecule has 0 saturated carbocycles. The van der Waals surface area contributed by atoms with Crippen molar-refractivity contribution in [2.24, 2.45) is 0 Å². The summed E-state index contributed by atoms with van der Waals surface area (Å²) in [5.74, 6) is -0.569. The minimum Gasteiger partial charge on any atom is -0.406 e. The van der Waals surface area contributed by atoms with Crippen molar-refractivity contribution in [1.29, 1.82) is 0 Å². The van der Waals surface area contributed by atoms with Gasteiger partial charge in [-0.2, -0.15) is 13.2 Å². The lowest BCUT2D eigenvalue weighted by molar-refractivity contribution is -0.274. The predicted molar refractivity (Wildman–Crippen MR) is 90.1 cm³/mol. The highest BCUT2D eigenvalue weighted by Gasteiger charge is 2.54. The van der Waals surface area contributed by atoms with Crippen molar-refractivity contribution < 1.29 is 36.2 Å². The van der Waals surface area contributed by atoms with Gasteiger partial charge in [-0.15, -0.1) is 13.2 Å². The second kappa shape index (κ2) is 7.59. The fraction of sp³-hybridized carbons (Fsp3) is 0.294. The number of alkyl halides is 6. The first-order chi connectivity index (χ1) is 12.3. The van der Waals surface area contributed by atoms with Crippen LogP contribution in [0.1, 0.15) is 12.5 Å². The van der Waals surface area contributed by atoms with Gasteiger partial charge in [-0.25, -0.2) is 0 Å². The summed E-state index contributed by atoms with van der Waals surface area (Å²) in [7, 11) is 0. The van der Waals surface area contributed by atoms with E-state index in [4.69, 9.17) is 0 Å². The van der Waals surface area contributed by atoms with Gasteiger partial charge in [0.2, 0.25) is 5.72 Å². The van der Waals surface area contributed by atoms with Crippen LogP contribution in [0.5, 0.6) is 5.75 Å². The molecule has 0 aliphatic heterocycles. The third kappa shape index (κ3) is 5.52. The standard InChI is InChI=1S/C17H14BrF6NO2/c1-15(26,16(19,20)21)25(13-6-3-5-12(18)9-13)10-11-4-2-7-14(8-11)27-17(22,23)24/h2-9,26H,10H2,1H3. The number of hydrogen-bond donors (Lipinski definition) is 1. The molecule has 0 aliphatic carbocycles.